The summed E-state index contributed by atoms with van der Waals surface area (Å²) in [5.41, 5.74) is 1.64. The second-order valence-electron chi connectivity index (χ2n) is 9.00. The number of hydrogen-bond acceptors (Lipinski definition) is 8. The normalized spacial score (nSPS) is 25.8. The zero-order valence-corrected chi connectivity index (χ0v) is 22.2. The number of sulfonamides is 2. The Hall–Kier alpha value is -1.64. The van der Waals surface area contributed by atoms with Crippen LogP contribution >= 0.6 is 0 Å². The van der Waals surface area contributed by atoms with E-state index in [-0.39, 0.29) is 58.0 Å². The summed E-state index contributed by atoms with van der Waals surface area (Å²) in [6.45, 7) is 1.28. The molecule has 0 saturated carbocycles. The molecule has 1 aliphatic carbocycles. The van der Waals surface area contributed by atoms with E-state index in [9.17, 15) is 16.8 Å². The monoisotopic (exact) mass is 542 g/mol. The molecule has 2 saturated heterocycles. The zero-order chi connectivity index (χ0) is 25.8. The Labute approximate surface area is 213 Å². The summed E-state index contributed by atoms with van der Waals surface area (Å²) in [5, 5.41) is 0. The van der Waals surface area contributed by atoms with Gasteiger partial charge in [-0.3, -0.25) is 0 Å². The smallest absolute Gasteiger partial charge is 0.240 e. The molecule has 200 valence electrons. The fourth-order valence-electron chi connectivity index (χ4n) is 4.21. The molecule has 3 unspecified atom stereocenters. The number of rotatable bonds is 15. The topological polar surface area (TPSA) is 118 Å². The molecule has 4 rings (SSSR count). The van der Waals surface area contributed by atoms with Gasteiger partial charge in [0, 0.05) is 46.8 Å². The van der Waals surface area contributed by atoms with Crippen molar-refractivity contribution >= 4 is 25.6 Å². The maximum absolute atomic E-state index is 14.3. The van der Waals surface area contributed by atoms with E-state index in [2.05, 4.69) is 0 Å². The van der Waals surface area contributed by atoms with E-state index in [1.54, 1.807) is 12.2 Å². The third-order valence-electron chi connectivity index (χ3n) is 6.49. The van der Waals surface area contributed by atoms with E-state index in [0.717, 1.165) is 15.4 Å². The number of ether oxygens (including phenoxy) is 4. The number of epoxide rings is 2. The standard InChI is InChI=1S/C24H34N2O8S2/c1-31-14-12-25(13-15-32-2)35(27,28)24(10-8-21(9-11-24)20-6-4-3-5-7-20)36(29,30)26(16-22-18-33-22)17-23-19-34-23/h3-10,22-23H,11-19H2,1-2H3. The van der Waals surface area contributed by atoms with Crippen molar-refractivity contribution in [3.05, 3.63) is 54.1 Å². The van der Waals surface area contributed by atoms with Crippen LogP contribution in [0, 0.1) is 0 Å². The van der Waals surface area contributed by atoms with Crippen molar-refractivity contribution in [2.75, 3.05) is 66.8 Å². The number of hydrogen-bond donors (Lipinski definition) is 0. The highest BCUT2D eigenvalue weighted by atomic mass is 32.3. The van der Waals surface area contributed by atoms with Gasteiger partial charge in [-0.05, 0) is 17.2 Å². The van der Waals surface area contributed by atoms with Gasteiger partial charge in [-0.2, -0.15) is 8.61 Å². The second kappa shape index (κ2) is 11.4. The third-order valence-corrected chi connectivity index (χ3v) is 12.1. The van der Waals surface area contributed by atoms with Gasteiger partial charge in [-0.15, -0.1) is 0 Å². The molecule has 3 aliphatic rings. The SMILES string of the molecule is COCCN(CCOC)S(=O)(=O)C1(S(=O)(=O)N(CC2CO2)CC2CO2)C=CC(c2ccccc2)=CC1. The van der Waals surface area contributed by atoms with Gasteiger partial charge in [-0.25, -0.2) is 16.8 Å². The minimum absolute atomic E-state index is 0.0000320. The molecule has 0 bridgehead atoms. The van der Waals surface area contributed by atoms with Gasteiger partial charge in [0.2, 0.25) is 24.1 Å². The lowest BCUT2D eigenvalue weighted by Gasteiger charge is -2.39. The molecule has 2 fully saturated rings. The average Bonchev–Trinajstić information content (AvgIpc) is 3.81. The molecule has 0 aromatic heterocycles. The Morgan fingerprint density at radius 1 is 0.889 bits per heavy atom. The van der Waals surface area contributed by atoms with Crippen molar-refractivity contribution in [2.24, 2.45) is 0 Å². The fraction of sp³-hybridized carbons (Fsp3) is 0.583. The van der Waals surface area contributed by atoms with Crippen LogP contribution in [0.5, 0.6) is 0 Å². The Morgan fingerprint density at radius 3 is 1.86 bits per heavy atom. The summed E-state index contributed by atoms with van der Waals surface area (Å²) in [5.74, 6) is 0. The molecular formula is C24H34N2O8S2. The van der Waals surface area contributed by atoms with Gasteiger partial charge in [0.15, 0.2) is 0 Å². The van der Waals surface area contributed by atoms with Crippen molar-refractivity contribution in [3.8, 4) is 0 Å². The fourth-order valence-corrected chi connectivity index (χ4v) is 9.21. The molecule has 3 atom stereocenters. The summed E-state index contributed by atoms with van der Waals surface area (Å²) in [6.07, 6.45) is 3.88. The predicted molar refractivity (Wildman–Crippen MR) is 135 cm³/mol. The Morgan fingerprint density at radius 2 is 1.42 bits per heavy atom. The summed E-state index contributed by atoms with van der Waals surface area (Å²) in [6, 6.07) is 9.44. The van der Waals surface area contributed by atoms with Crippen molar-refractivity contribution in [1.29, 1.82) is 0 Å². The number of benzene rings is 1. The average molecular weight is 543 g/mol. The Bertz CT molecular complexity index is 1140. The van der Waals surface area contributed by atoms with Crippen LogP contribution in [0.2, 0.25) is 0 Å². The summed E-state index contributed by atoms with van der Waals surface area (Å²) < 4.78 is 78.3. The lowest BCUT2D eigenvalue weighted by molar-refractivity contribution is 0.149. The Balaban J connectivity index is 1.77. The zero-order valence-electron chi connectivity index (χ0n) is 20.6. The van der Waals surface area contributed by atoms with Crippen LogP contribution in [0.15, 0.2) is 48.6 Å². The van der Waals surface area contributed by atoms with Crippen molar-refractivity contribution in [1.82, 2.24) is 8.61 Å². The van der Waals surface area contributed by atoms with Crippen LogP contribution in [-0.2, 0) is 39.0 Å². The lowest BCUT2D eigenvalue weighted by atomic mass is 9.99. The number of allylic oxidation sites excluding steroid dienone is 3. The van der Waals surface area contributed by atoms with Crippen LogP contribution in [0.1, 0.15) is 12.0 Å². The van der Waals surface area contributed by atoms with Crippen molar-refractivity contribution < 1.29 is 35.8 Å². The van der Waals surface area contributed by atoms with Crippen LogP contribution in [-0.4, -0.2) is 109 Å². The van der Waals surface area contributed by atoms with E-state index >= 15 is 0 Å². The van der Waals surface area contributed by atoms with Gasteiger partial charge in [-0.1, -0.05) is 42.5 Å². The van der Waals surface area contributed by atoms with Gasteiger partial charge in [0.1, 0.15) is 0 Å². The predicted octanol–water partition coefficient (Wildman–Crippen LogP) is 1.08. The molecule has 0 spiro atoms. The molecule has 1 aromatic rings. The van der Waals surface area contributed by atoms with E-state index < -0.39 is 24.1 Å². The molecule has 0 radical (unpaired) electrons. The first kappa shape index (κ1) is 27.4. The molecular weight excluding hydrogens is 508 g/mol. The molecule has 36 heavy (non-hydrogen) atoms. The maximum Gasteiger partial charge on any atom is 0.240 e. The Kier molecular flexibility index (Phi) is 8.67. The molecule has 12 heteroatoms. The van der Waals surface area contributed by atoms with Crippen LogP contribution in [0.4, 0.5) is 0 Å². The first-order valence-corrected chi connectivity index (χ1v) is 14.8. The second-order valence-corrected chi connectivity index (χ2v) is 13.6. The molecule has 2 heterocycles. The highest BCUT2D eigenvalue weighted by Crippen LogP contribution is 2.41. The largest absolute Gasteiger partial charge is 0.383 e. The first-order chi connectivity index (χ1) is 17.2. The van der Waals surface area contributed by atoms with Crippen molar-refractivity contribution in [3.63, 3.8) is 0 Å². The third kappa shape index (κ3) is 5.76. The quantitative estimate of drug-likeness (QED) is 0.302. The summed E-state index contributed by atoms with van der Waals surface area (Å²) >= 11 is 0. The number of nitrogens with zero attached hydrogens (tertiary/aromatic N) is 2. The van der Waals surface area contributed by atoms with E-state index in [4.69, 9.17) is 18.9 Å². The summed E-state index contributed by atoms with van der Waals surface area (Å²) in [7, 11) is -5.93. The highest BCUT2D eigenvalue weighted by Gasteiger charge is 2.59. The molecule has 0 N–H and O–H groups in total. The minimum atomic E-state index is -4.44. The highest BCUT2D eigenvalue weighted by molar-refractivity contribution is 8.08. The summed E-state index contributed by atoms with van der Waals surface area (Å²) in [4.78, 5) is 0. The number of methoxy groups -OCH3 is 2. The van der Waals surface area contributed by atoms with Crippen LogP contribution in [0.3, 0.4) is 0 Å². The molecule has 0 amide bonds. The van der Waals surface area contributed by atoms with Crippen LogP contribution in [0.25, 0.3) is 5.57 Å². The maximum atomic E-state index is 14.3. The van der Waals surface area contributed by atoms with E-state index in [1.165, 1.54) is 24.6 Å². The first-order valence-electron chi connectivity index (χ1n) is 11.9. The van der Waals surface area contributed by atoms with Crippen LogP contribution < -0.4 is 0 Å². The van der Waals surface area contributed by atoms with Crippen molar-refractivity contribution in [2.45, 2.75) is 22.7 Å². The van der Waals surface area contributed by atoms with Gasteiger partial charge in [0.25, 0.3) is 0 Å². The molecule has 1 aromatic carbocycles. The lowest BCUT2D eigenvalue weighted by Crippen LogP contribution is -2.59. The molecule has 10 nitrogen and oxygen atoms in total. The minimum Gasteiger partial charge on any atom is -0.383 e. The van der Waals surface area contributed by atoms with E-state index in [0.29, 0.717) is 13.2 Å². The van der Waals surface area contributed by atoms with E-state index in [1.807, 2.05) is 30.3 Å². The molecule has 2 aliphatic heterocycles. The van der Waals surface area contributed by atoms with Gasteiger partial charge >= 0.3 is 0 Å². The van der Waals surface area contributed by atoms with Gasteiger partial charge < -0.3 is 18.9 Å². The van der Waals surface area contributed by atoms with Gasteiger partial charge in [0.05, 0.1) is 38.6 Å².